The number of benzene rings is 3. The fourth-order valence-corrected chi connectivity index (χ4v) is 7.52. The van der Waals surface area contributed by atoms with Crippen LogP contribution in [0.25, 0.3) is 0 Å². The van der Waals surface area contributed by atoms with E-state index in [9.17, 15) is 18.0 Å². The van der Waals surface area contributed by atoms with Gasteiger partial charge in [0.25, 0.3) is 0 Å². The summed E-state index contributed by atoms with van der Waals surface area (Å²) < 4.78 is 69.3. The molecule has 3 aromatic rings. The minimum absolute atomic E-state index is 0.0995. The molecule has 0 spiro atoms. The highest BCUT2D eigenvalue weighted by molar-refractivity contribution is 7.86. The first-order valence-corrected chi connectivity index (χ1v) is 17.8. The van der Waals surface area contributed by atoms with Crippen LogP contribution in [0.3, 0.4) is 0 Å². The second-order valence-electron chi connectivity index (χ2n) is 12.5. The lowest BCUT2D eigenvalue weighted by molar-refractivity contribution is -0.968. The van der Waals surface area contributed by atoms with Gasteiger partial charge in [0.2, 0.25) is 0 Å². The van der Waals surface area contributed by atoms with Gasteiger partial charge in [0.15, 0.2) is 0 Å². The third-order valence-electron chi connectivity index (χ3n) is 9.78. The highest BCUT2D eigenvalue weighted by atomic mass is 32.2. The standard InChI is InChI=1S/C35H45N2O3.CHF3O3S/c1-39-31-19-12-11-18-30(31)26-36-34-29-21-24-37(25-22-29,23-13-5-10-20-32(38)40-2)35(34)33(27-14-6-3-7-15-27)28-16-8-4-9-17-28;2-1(3,4)8(5,6)7/h3-4,6-9,11-12,14-19,29,33-36H,5,10,13,20-26H2,1-2H3;(H,5,6,7)/q+1;/t29?,34-,35-,37?;/m0./s1. The van der Waals surface area contributed by atoms with Crippen molar-refractivity contribution < 1.29 is 44.9 Å². The van der Waals surface area contributed by atoms with E-state index >= 15 is 0 Å². The number of carbonyl (C=O) groups excluding carboxylic acids is 1. The molecule has 0 unspecified atom stereocenters. The number of nitrogens with zero attached hydrogens (tertiary/aromatic N) is 1. The number of halogens is 3. The van der Waals surface area contributed by atoms with Crippen LogP contribution >= 0.6 is 0 Å². The van der Waals surface area contributed by atoms with E-state index < -0.39 is 15.6 Å². The second kappa shape index (κ2) is 16.8. The van der Waals surface area contributed by atoms with Gasteiger partial charge in [-0.1, -0.05) is 78.9 Å². The summed E-state index contributed by atoms with van der Waals surface area (Å²) in [5.41, 5.74) is -1.52. The van der Waals surface area contributed by atoms with Gasteiger partial charge >= 0.3 is 21.6 Å². The SMILES string of the molecule is COC(=O)CCCCC[N+]12CCC(CC1)[C@H](NCc1ccccc1OC)[C@@H]2C(c1ccccc1)c1ccccc1.O=S(=O)(O)C(F)(F)F. The predicted octanol–water partition coefficient (Wildman–Crippen LogP) is 6.72. The van der Waals surface area contributed by atoms with Crippen LogP contribution in [0.5, 0.6) is 5.75 Å². The van der Waals surface area contributed by atoms with E-state index in [0.717, 1.165) is 42.6 Å². The van der Waals surface area contributed by atoms with E-state index in [0.29, 0.717) is 30.3 Å². The molecule has 3 aromatic carbocycles. The van der Waals surface area contributed by atoms with Crippen LogP contribution in [0.2, 0.25) is 0 Å². The fraction of sp³-hybridized carbons (Fsp3) is 0.472. The number of unbranched alkanes of at least 4 members (excludes halogenated alkanes) is 2. The van der Waals surface area contributed by atoms with Gasteiger partial charge in [-0.2, -0.15) is 21.6 Å². The number of quaternary nitrogens is 1. The number of piperidine rings is 3. The van der Waals surface area contributed by atoms with Crippen molar-refractivity contribution in [2.75, 3.05) is 33.9 Å². The quantitative estimate of drug-likeness (QED) is 0.0675. The van der Waals surface area contributed by atoms with E-state index in [2.05, 4.69) is 84.2 Å². The van der Waals surface area contributed by atoms with Crippen molar-refractivity contribution in [1.29, 1.82) is 0 Å². The minimum atomic E-state index is -5.84. The van der Waals surface area contributed by atoms with Gasteiger partial charge in [0.05, 0.1) is 45.8 Å². The van der Waals surface area contributed by atoms with Crippen LogP contribution < -0.4 is 10.1 Å². The van der Waals surface area contributed by atoms with Crippen LogP contribution in [0.15, 0.2) is 84.9 Å². The largest absolute Gasteiger partial charge is 0.522 e. The molecule has 0 radical (unpaired) electrons. The molecule has 48 heavy (non-hydrogen) atoms. The molecule has 3 aliphatic heterocycles. The number of nitrogens with one attached hydrogen (secondary N) is 1. The maximum absolute atomic E-state index is 11.7. The maximum atomic E-state index is 11.7. The molecule has 8 nitrogen and oxygen atoms in total. The summed E-state index contributed by atoms with van der Waals surface area (Å²) in [7, 11) is -2.60. The Morgan fingerprint density at radius 2 is 1.44 bits per heavy atom. The van der Waals surface area contributed by atoms with Crippen LogP contribution in [0.4, 0.5) is 13.2 Å². The summed E-state index contributed by atoms with van der Waals surface area (Å²) in [6, 6.07) is 31.5. The number of hydrogen-bond acceptors (Lipinski definition) is 6. The second-order valence-corrected chi connectivity index (χ2v) is 14.0. The molecule has 3 saturated heterocycles. The number of para-hydroxylation sites is 1. The zero-order chi connectivity index (χ0) is 34.8. The highest BCUT2D eigenvalue weighted by Crippen LogP contribution is 2.47. The van der Waals surface area contributed by atoms with E-state index in [4.69, 9.17) is 22.4 Å². The van der Waals surface area contributed by atoms with Crippen molar-refractivity contribution in [3.8, 4) is 5.75 Å². The minimum Gasteiger partial charge on any atom is -0.496 e. The summed E-state index contributed by atoms with van der Waals surface area (Å²) in [6.45, 7) is 4.42. The van der Waals surface area contributed by atoms with Crippen LogP contribution in [0.1, 0.15) is 61.1 Å². The molecule has 0 aromatic heterocycles. The van der Waals surface area contributed by atoms with Crippen LogP contribution in [-0.2, 0) is 26.2 Å². The van der Waals surface area contributed by atoms with Crippen molar-refractivity contribution in [2.24, 2.45) is 5.92 Å². The Hall–Kier alpha value is -3.45. The zero-order valence-electron chi connectivity index (χ0n) is 27.4. The number of ether oxygens (including phenoxy) is 2. The Bertz CT molecular complexity index is 1510. The normalized spacial score (nSPS) is 22.1. The number of fused-ring (bicyclic) bond motifs is 3. The predicted molar refractivity (Wildman–Crippen MR) is 178 cm³/mol. The first-order valence-electron chi connectivity index (χ1n) is 16.3. The Kier molecular flexibility index (Phi) is 13.1. The maximum Gasteiger partial charge on any atom is 0.522 e. The lowest BCUT2D eigenvalue weighted by Gasteiger charge is -2.60. The van der Waals surface area contributed by atoms with Gasteiger partial charge in [-0.3, -0.25) is 9.35 Å². The van der Waals surface area contributed by atoms with Crippen LogP contribution in [0, 0.1) is 5.92 Å². The average molecular weight is 692 g/mol. The Balaban J connectivity index is 0.000000579. The molecule has 3 fully saturated rings. The lowest BCUT2D eigenvalue weighted by Crippen LogP contribution is -2.74. The van der Waals surface area contributed by atoms with Crippen molar-refractivity contribution in [3.63, 3.8) is 0 Å². The van der Waals surface area contributed by atoms with Gasteiger partial charge < -0.3 is 19.3 Å². The number of esters is 1. The number of carbonyl (C=O) groups is 1. The van der Waals surface area contributed by atoms with Gasteiger partial charge in [-0.05, 0) is 42.4 Å². The van der Waals surface area contributed by atoms with E-state index in [-0.39, 0.29) is 5.97 Å². The van der Waals surface area contributed by atoms with Gasteiger partial charge in [-0.15, -0.1) is 0 Å². The number of methoxy groups -OCH3 is 2. The van der Waals surface area contributed by atoms with E-state index in [1.165, 1.54) is 49.7 Å². The molecule has 3 heterocycles. The third kappa shape index (κ3) is 9.37. The molecule has 0 amide bonds. The van der Waals surface area contributed by atoms with Crippen LogP contribution in [-0.4, -0.2) is 74.9 Å². The van der Waals surface area contributed by atoms with E-state index in [1.807, 2.05) is 6.07 Å². The van der Waals surface area contributed by atoms with Crippen molar-refractivity contribution in [2.45, 2.75) is 68.6 Å². The molecule has 2 bridgehead atoms. The summed E-state index contributed by atoms with van der Waals surface area (Å²) in [4.78, 5) is 11.7. The summed E-state index contributed by atoms with van der Waals surface area (Å²) in [6.07, 6.45) is 6.13. The molecule has 12 heteroatoms. The van der Waals surface area contributed by atoms with Gasteiger partial charge in [0.1, 0.15) is 11.8 Å². The first kappa shape index (κ1) is 37.4. The van der Waals surface area contributed by atoms with Crippen molar-refractivity contribution in [3.05, 3.63) is 102 Å². The lowest BCUT2D eigenvalue weighted by atomic mass is 9.68. The molecule has 0 saturated carbocycles. The molecule has 6 rings (SSSR count). The number of hydrogen-bond donors (Lipinski definition) is 2. The molecule has 3 aliphatic rings. The van der Waals surface area contributed by atoms with Crippen molar-refractivity contribution >= 4 is 16.1 Å². The zero-order valence-corrected chi connectivity index (χ0v) is 28.3. The number of alkyl halides is 3. The third-order valence-corrected chi connectivity index (χ3v) is 10.4. The molecular formula is C36H46F3N2O6S+. The first-order chi connectivity index (χ1) is 22.9. The van der Waals surface area contributed by atoms with Gasteiger partial charge in [-0.25, -0.2) is 0 Å². The highest BCUT2D eigenvalue weighted by Gasteiger charge is 2.56. The Labute approximate surface area is 281 Å². The molecule has 2 atom stereocenters. The Morgan fingerprint density at radius 3 is 1.96 bits per heavy atom. The summed E-state index contributed by atoms with van der Waals surface area (Å²) in [5.74, 6) is 1.81. The Morgan fingerprint density at radius 1 is 0.896 bits per heavy atom. The monoisotopic (exact) mass is 691 g/mol. The molecule has 0 aliphatic carbocycles. The average Bonchev–Trinajstić information content (AvgIpc) is 3.08. The topological polar surface area (TPSA) is 102 Å². The number of rotatable bonds is 13. The summed E-state index contributed by atoms with van der Waals surface area (Å²) >= 11 is 0. The van der Waals surface area contributed by atoms with Gasteiger partial charge in [0, 0.05) is 31.4 Å². The van der Waals surface area contributed by atoms with Crippen molar-refractivity contribution in [1.82, 2.24) is 5.32 Å². The summed E-state index contributed by atoms with van der Waals surface area (Å²) in [5, 5.41) is 4.11. The smallest absolute Gasteiger partial charge is 0.496 e. The fourth-order valence-electron chi connectivity index (χ4n) is 7.52. The molecular weight excluding hydrogens is 645 g/mol. The molecule has 2 N–H and O–H groups in total. The van der Waals surface area contributed by atoms with E-state index in [1.54, 1.807) is 7.11 Å². The molecule has 262 valence electrons.